The first-order valence-electron chi connectivity index (χ1n) is 22.0. The molecule has 0 fully saturated rings. The highest BCUT2D eigenvalue weighted by Crippen LogP contribution is 2.13. The van der Waals surface area contributed by atoms with Crippen LogP contribution in [-0.4, -0.2) is 177 Å². The summed E-state index contributed by atoms with van der Waals surface area (Å²) in [6, 6.07) is 0. The Balaban J connectivity index is 3.05. The molecule has 14 heteroatoms. The van der Waals surface area contributed by atoms with E-state index in [0.717, 1.165) is 18.4 Å². The zero-order valence-electron chi connectivity index (χ0n) is 35.7. The fourth-order valence-electron chi connectivity index (χ4n) is 5.19. The minimum atomic E-state index is 0.515. The van der Waals surface area contributed by atoms with Crippen molar-refractivity contribution in [2.75, 3.05) is 177 Å². The maximum atomic E-state index is 5.69. The Hall–Kier alpha value is -0.0400. The molecular formula is C42H85BrO13. The summed E-state index contributed by atoms with van der Waals surface area (Å²) in [7, 11) is 0. The predicted octanol–water partition coefficient (Wildman–Crippen LogP) is 7.08. The van der Waals surface area contributed by atoms with E-state index in [9.17, 15) is 0 Å². The molecule has 0 bridgehead atoms. The average molecular weight is 878 g/mol. The highest BCUT2D eigenvalue weighted by Gasteiger charge is 1.98. The molecule has 56 heavy (non-hydrogen) atoms. The smallest absolute Gasteiger partial charge is 0.0701 e. The van der Waals surface area contributed by atoms with Crippen molar-refractivity contribution in [2.24, 2.45) is 0 Å². The molecule has 13 nitrogen and oxygen atoms in total. The zero-order valence-corrected chi connectivity index (χ0v) is 37.3. The summed E-state index contributed by atoms with van der Waals surface area (Å²) in [6.45, 7) is 16.9. The van der Waals surface area contributed by atoms with E-state index in [1.807, 2.05) is 0 Å². The lowest BCUT2D eigenvalue weighted by Crippen LogP contribution is -2.15. The van der Waals surface area contributed by atoms with E-state index < -0.39 is 0 Å². The average Bonchev–Trinajstić information content (AvgIpc) is 3.21. The van der Waals surface area contributed by atoms with Crippen LogP contribution in [-0.2, 0) is 61.6 Å². The summed E-state index contributed by atoms with van der Waals surface area (Å²) >= 11 is 3.31. The van der Waals surface area contributed by atoms with Crippen molar-refractivity contribution < 1.29 is 61.6 Å². The van der Waals surface area contributed by atoms with Crippen LogP contribution in [0.25, 0.3) is 0 Å². The van der Waals surface area contributed by atoms with Crippen molar-refractivity contribution in [1.82, 2.24) is 0 Å². The number of hydrogen-bond donors (Lipinski definition) is 0. The maximum Gasteiger partial charge on any atom is 0.0701 e. The molecule has 0 N–H and O–H groups in total. The second kappa shape index (κ2) is 55.0. The molecule has 338 valence electrons. The number of unbranched alkanes of at least 4 members (excludes halogenated alkanes) is 13. The molecular weight excluding hydrogens is 792 g/mol. The molecule has 0 unspecified atom stereocenters. The standard InChI is InChI=1S/C42H85BrO13/c1-2-3-4-5-6-7-8-9-10-11-12-13-14-15-17-44-19-21-46-23-25-48-27-29-50-31-33-52-35-37-54-39-41-56-42-40-55-38-36-53-34-32-51-30-28-49-26-24-47-22-20-45-18-16-43/h2-42H2,1H3. The first kappa shape index (κ1) is 56.0. The number of hydrogen-bond acceptors (Lipinski definition) is 13. The maximum absolute atomic E-state index is 5.69. The molecule has 0 atom stereocenters. The molecule has 0 aromatic carbocycles. The van der Waals surface area contributed by atoms with Crippen LogP contribution >= 0.6 is 15.9 Å². The monoisotopic (exact) mass is 877 g/mol. The fraction of sp³-hybridized carbons (Fsp3) is 1.00. The van der Waals surface area contributed by atoms with Crippen LogP contribution in [0, 0.1) is 0 Å². The minimum absolute atomic E-state index is 0.515. The Morgan fingerprint density at radius 1 is 0.196 bits per heavy atom. The number of alkyl halides is 1. The molecule has 0 rings (SSSR count). The van der Waals surface area contributed by atoms with Crippen LogP contribution in [0.5, 0.6) is 0 Å². The van der Waals surface area contributed by atoms with Gasteiger partial charge in [-0.15, -0.1) is 0 Å². The van der Waals surface area contributed by atoms with Crippen molar-refractivity contribution >= 4 is 15.9 Å². The van der Waals surface area contributed by atoms with Gasteiger partial charge in [0, 0.05) is 11.9 Å². The van der Waals surface area contributed by atoms with Gasteiger partial charge in [-0.2, -0.15) is 0 Å². The van der Waals surface area contributed by atoms with Gasteiger partial charge in [0.05, 0.1) is 165 Å². The summed E-state index contributed by atoms with van der Waals surface area (Å²) in [5.74, 6) is 0. The number of rotatable bonds is 53. The molecule has 0 aliphatic heterocycles. The van der Waals surface area contributed by atoms with Crippen LogP contribution in [0.1, 0.15) is 96.8 Å². The SMILES string of the molecule is CCCCCCCCCCCCCCCCOCCOCCOCCOCCOCCOCCOCCOCCOCCOCCOCCOCCOCCBr. The zero-order chi connectivity index (χ0) is 40.2. The Morgan fingerprint density at radius 3 is 0.554 bits per heavy atom. The third-order valence-electron chi connectivity index (χ3n) is 8.33. The molecule has 0 radical (unpaired) electrons. The normalized spacial score (nSPS) is 11.7. The first-order valence-corrected chi connectivity index (χ1v) is 23.1. The number of ether oxygens (including phenoxy) is 13. The summed E-state index contributed by atoms with van der Waals surface area (Å²) < 4.78 is 71.5. The lowest BCUT2D eigenvalue weighted by Gasteiger charge is -2.09. The minimum Gasteiger partial charge on any atom is -0.379 e. The van der Waals surface area contributed by atoms with Gasteiger partial charge in [-0.3, -0.25) is 0 Å². The lowest BCUT2D eigenvalue weighted by molar-refractivity contribution is -0.0289. The Kier molecular flexibility index (Phi) is 54.9. The molecule has 0 heterocycles. The summed E-state index contributed by atoms with van der Waals surface area (Å²) in [6.07, 6.45) is 19.2. The van der Waals surface area contributed by atoms with Gasteiger partial charge in [0.1, 0.15) is 0 Å². The van der Waals surface area contributed by atoms with Crippen molar-refractivity contribution in [1.29, 1.82) is 0 Å². The van der Waals surface area contributed by atoms with E-state index in [0.29, 0.717) is 165 Å². The molecule has 0 saturated heterocycles. The molecule has 0 spiro atoms. The second-order valence-electron chi connectivity index (χ2n) is 13.2. The predicted molar refractivity (Wildman–Crippen MR) is 225 cm³/mol. The van der Waals surface area contributed by atoms with E-state index in [4.69, 9.17) is 61.6 Å². The number of halogens is 1. The fourth-order valence-corrected chi connectivity index (χ4v) is 5.42. The van der Waals surface area contributed by atoms with Gasteiger partial charge in [-0.1, -0.05) is 106 Å². The largest absolute Gasteiger partial charge is 0.379 e. The van der Waals surface area contributed by atoms with Gasteiger partial charge in [0.25, 0.3) is 0 Å². The van der Waals surface area contributed by atoms with E-state index in [2.05, 4.69) is 22.9 Å². The van der Waals surface area contributed by atoms with Gasteiger partial charge >= 0.3 is 0 Å². The summed E-state index contributed by atoms with van der Waals surface area (Å²) in [5, 5.41) is 0.838. The summed E-state index contributed by atoms with van der Waals surface area (Å²) in [4.78, 5) is 0. The van der Waals surface area contributed by atoms with Gasteiger partial charge < -0.3 is 61.6 Å². The Morgan fingerprint density at radius 2 is 0.357 bits per heavy atom. The molecule has 0 aromatic heterocycles. The molecule has 0 aliphatic carbocycles. The topological polar surface area (TPSA) is 120 Å². The third-order valence-corrected chi connectivity index (χ3v) is 8.65. The highest BCUT2D eigenvalue weighted by atomic mass is 79.9. The van der Waals surface area contributed by atoms with Crippen molar-refractivity contribution in [2.45, 2.75) is 96.8 Å². The molecule has 0 aliphatic rings. The molecule has 0 aromatic rings. The van der Waals surface area contributed by atoms with Crippen molar-refractivity contribution in [3.8, 4) is 0 Å². The Labute approximate surface area is 350 Å². The van der Waals surface area contributed by atoms with Crippen LogP contribution in [0.3, 0.4) is 0 Å². The van der Waals surface area contributed by atoms with Crippen molar-refractivity contribution in [3.05, 3.63) is 0 Å². The quantitative estimate of drug-likeness (QED) is 0.0458. The molecule has 0 saturated carbocycles. The van der Waals surface area contributed by atoms with E-state index >= 15 is 0 Å². The van der Waals surface area contributed by atoms with Gasteiger partial charge in [-0.25, -0.2) is 0 Å². The van der Waals surface area contributed by atoms with Crippen LogP contribution < -0.4 is 0 Å². The molecule has 0 amide bonds. The Bertz CT molecular complexity index is 618. The van der Waals surface area contributed by atoms with Gasteiger partial charge in [0.15, 0.2) is 0 Å². The van der Waals surface area contributed by atoms with Crippen molar-refractivity contribution in [3.63, 3.8) is 0 Å². The highest BCUT2D eigenvalue weighted by molar-refractivity contribution is 9.09. The first-order chi connectivity index (χ1) is 27.9. The second-order valence-corrected chi connectivity index (χ2v) is 14.0. The lowest BCUT2D eigenvalue weighted by atomic mass is 10.0. The van der Waals surface area contributed by atoms with E-state index in [1.54, 1.807) is 0 Å². The van der Waals surface area contributed by atoms with Gasteiger partial charge in [0.2, 0.25) is 0 Å². The summed E-state index contributed by atoms with van der Waals surface area (Å²) in [5.41, 5.74) is 0. The van der Waals surface area contributed by atoms with E-state index in [1.165, 1.54) is 83.5 Å². The van der Waals surface area contributed by atoms with E-state index in [-0.39, 0.29) is 0 Å². The third kappa shape index (κ3) is 54.0. The van der Waals surface area contributed by atoms with Gasteiger partial charge in [-0.05, 0) is 6.42 Å². The van der Waals surface area contributed by atoms with Crippen LogP contribution in [0.15, 0.2) is 0 Å². The van der Waals surface area contributed by atoms with Crippen LogP contribution in [0.4, 0.5) is 0 Å². The van der Waals surface area contributed by atoms with Crippen LogP contribution in [0.2, 0.25) is 0 Å².